The van der Waals surface area contributed by atoms with Crippen LogP contribution in [0.5, 0.6) is 0 Å². The van der Waals surface area contributed by atoms with Gasteiger partial charge in [0.1, 0.15) is 0 Å². The van der Waals surface area contributed by atoms with Crippen molar-refractivity contribution < 1.29 is 18.0 Å². The van der Waals surface area contributed by atoms with Crippen molar-refractivity contribution in [3.63, 3.8) is 0 Å². The number of benzene rings is 3. The highest BCUT2D eigenvalue weighted by atomic mass is 19.4. The third-order valence-electron chi connectivity index (χ3n) is 5.93. The molecule has 4 nitrogen and oxygen atoms in total. The molecule has 1 amide bonds. The van der Waals surface area contributed by atoms with E-state index in [1.54, 1.807) is 18.3 Å². The Morgan fingerprint density at radius 3 is 2.33 bits per heavy atom. The lowest BCUT2D eigenvalue weighted by Crippen LogP contribution is -2.15. The molecule has 0 bridgehead atoms. The van der Waals surface area contributed by atoms with Crippen molar-refractivity contribution in [3.8, 4) is 11.1 Å². The van der Waals surface area contributed by atoms with Crippen LogP contribution in [0.15, 0.2) is 85.1 Å². The fraction of sp³-hybridized carbons (Fsp3) is 0.172. The zero-order chi connectivity index (χ0) is 25.7. The Hall–Kier alpha value is -4.13. The first-order chi connectivity index (χ1) is 17.2. The average Bonchev–Trinajstić information content (AvgIpc) is 2.85. The Morgan fingerprint density at radius 1 is 0.889 bits per heavy atom. The lowest BCUT2D eigenvalue weighted by atomic mass is 9.93. The molecule has 2 N–H and O–H groups in total. The fourth-order valence-corrected chi connectivity index (χ4v) is 4.05. The summed E-state index contributed by atoms with van der Waals surface area (Å²) < 4.78 is 39.0. The van der Waals surface area contributed by atoms with Gasteiger partial charge in [-0.3, -0.25) is 9.78 Å². The van der Waals surface area contributed by atoms with Crippen LogP contribution in [0.25, 0.3) is 11.1 Å². The van der Waals surface area contributed by atoms with Gasteiger partial charge < -0.3 is 10.6 Å². The van der Waals surface area contributed by atoms with E-state index in [2.05, 4.69) is 15.6 Å². The molecule has 0 aliphatic rings. The maximum atomic E-state index is 13.2. The molecule has 0 aliphatic heterocycles. The molecule has 4 rings (SSSR count). The van der Waals surface area contributed by atoms with Gasteiger partial charge in [0.25, 0.3) is 5.91 Å². The van der Waals surface area contributed by atoms with Crippen LogP contribution in [-0.4, -0.2) is 17.4 Å². The fourth-order valence-electron chi connectivity index (χ4n) is 4.05. The molecule has 36 heavy (non-hydrogen) atoms. The summed E-state index contributed by atoms with van der Waals surface area (Å²) in [6.07, 6.45) is -1.85. The third kappa shape index (κ3) is 5.92. The van der Waals surface area contributed by atoms with Gasteiger partial charge in [-0.2, -0.15) is 13.2 Å². The van der Waals surface area contributed by atoms with E-state index in [1.807, 2.05) is 56.3 Å². The average molecular weight is 490 g/mol. The highest BCUT2D eigenvalue weighted by Crippen LogP contribution is 2.33. The van der Waals surface area contributed by atoms with Crippen molar-refractivity contribution in [2.24, 2.45) is 0 Å². The summed E-state index contributed by atoms with van der Waals surface area (Å²) >= 11 is 0. The summed E-state index contributed by atoms with van der Waals surface area (Å²) in [5.41, 5.74) is 5.11. The molecular weight excluding hydrogens is 463 g/mol. The summed E-state index contributed by atoms with van der Waals surface area (Å²) in [7, 11) is 0. The van der Waals surface area contributed by atoms with E-state index in [1.165, 1.54) is 12.1 Å². The highest BCUT2D eigenvalue weighted by Gasteiger charge is 2.30. The molecule has 3 aromatic carbocycles. The van der Waals surface area contributed by atoms with Gasteiger partial charge in [0, 0.05) is 41.8 Å². The highest BCUT2D eigenvalue weighted by molar-refractivity contribution is 6.09. The normalized spacial score (nSPS) is 11.2. The number of amides is 1. The van der Waals surface area contributed by atoms with Crippen molar-refractivity contribution in [3.05, 3.63) is 113 Å². The topological polar surface area (TPSA) is 54.0 Å². The van der Waals surface area contributed by atoms with Gasteiger partial charge in [-0.15, -0.1) is 0 Å². The van der Waals surface area contributed by atoms with Crippen LogP contribution in [0.1, 0.15) is 32.7 Å². The smallest absolute Gasteiger partial charge is 0.385 e. The number of rotatable bonds is 7. The Bertz CT molecular complexity index is 1350. The van der Waals surface area contributed by atoms with Crippen LogP contribution in [-0.2, 0) is 12.6 Å². The van der Waals surface area contributed by atoms with E-state index < -0.39 is 11.7 Å². The number of carbonyl (C=O) groups is 1. The maximum absolute atomic E-state index is 13.2. The molecule has 0 radical (unpaired) electrons. The molecule has 0 saturated heterocycles. The van der Waals surface area contributed by atoms with Gasteiger partial charge in [0.2, 0.25) is 0 Å². The third-order valence-corrected chi connectivity index (χ3v) is 5.93. The molecule has 0 spiro atoms. The number of alkyl halides is 3. The Kier molecular flexibility index (Phi) is 7.38. The van der Waals surface area contributed by atoms with E-state index >= 15 is 0 Å². The van der Waals surface area contributed by atoms with E-state index in [4.69, 9.17) is 0 Å². The number of aryl methyl sites for hydroxylation is 2. The number of hydrogen-bond acceptors (Lipinski definition) is 3. The SMILES string of the molecule is Cc1cc(NCCc2ccccn2)ccc1NC(=O)c1cccc(C)c1-c1ccc(C(F)(F)F)cc1. The number of pyridine rings is 1. The molecule has 7 heteroatoms. The van der Waals surface area contributed by atoms with Gasteiger partial charge in [-0.25, -0.2) is 0 Å². The second-order valence-electron chi connectivity index (χ2n) is 8.55. The first-order valence-electron chi connectivity index (χ1n) is 11.6. The Labute approximate surface area is 208 Å². The standard InChI is InChI=1S/C29H26F3N3O/c1-19-6-5-8-25(27(19)21-9-11-22(12-10-21)29(30,31)32)28(36)35-26-14-13-24(18-20(26)2)34-17-15-23-7-3-4-16-33-23/h3-14,16,18,34H,15,17H2,1-2H3,(H,35,36). The minimum atomic E-state index is -4.42. The van der Waals surface area contributed by atoms with Crippen LogP contribution in [0.2, 0.25) is 0 Å². The summed E-state index contributed by atoms with van der Waals surface area (Å²) in [5, 5.41) is 6.32. The summed E-state index contributed by atoms with van der Waals surface area (Å²) in [4.78, 5) is 17.6. The van der Waals surface area contributed by atoms with Gasteiger partial charge in [-0.05, 0) is 84.6 Å². The summed E-state index contributed by atoms with van der Waals surface area (Å²) in [5.74, 6) is -0.326. The van der Waals surface area contributed by atoms with Crippen LogP contribution in [0, 0.1) is 13.8 Å². The molecule has 0 fully saturated rings. The predicted octanol–water partition coefficient (Wildman–Crippen LogP) is 7.29. The Morgan fingerprint density at radius 2 is 1.67 bits per heavy atom. The van der Waals surface area contributed by atoms with Gasteiger partial charge in [0.05, 0.1) is 5.56 Å². The second-order valence-corrected chi connectivity index (χ2v) is 8.55. The molecule has 0 atom stereocenters. The lowest BCUT2D eigenvalue weighted by Gasteiger charge is -2.16. The molecule has 1 heterocycles. The number of carbonyl (C=O) groups excluding carboxylic acids is 1. The zero-order valence-electron chi connectivity index (χ0n) is 20.0. The quantitative estimate of drug-likeness (QED) is 0.287. The van der Waals surface area contributed by atoms with Crippen molar-refractivity contribution in [2.75, 3.05) is 17.2 Å². The van der Waals surface area contributed by atoms with Crippen molar-refractivity contribution in [1.29, 1.82) is 0 Å². The minimum Gasteiger partial charge on any atom is -0.385 e. The second kappa shape index (κ2) is 10.6. The predicted molar refractivity (Wildman–Crippen MR) is 137 cm³/mol. The van der Waals surface area contributed by atoms with Crippen LogP contribution in [0.4, 0.5) is 24.5 Å². The molecule has 184 valence electrons. The number of halogens is 3. The van der Waals surface area contributed by atoms with Gasteiger partial charge in [0.15, 0.2) is 0 Å². The molecule has 1 aromatic heterocycles. The summed E-state index contributed by atoms with van der Waals surface area (Å²) in [6, 6.07) is 21.7. The molecule has 0 unspecified atom stereocenters. The number of nitrogens with zero attached hydrogens (tertiary/aromatic N) is 1. The Balaban J connectivity index is 1.49. The van der Waals surface area contributed by atoms with E-state index in [-0.39, 0.29) is 5.91 Å². The van der Waals surface area contributed by atoms with E-state index in [0.29, 0.717) is 22.4 Å². The molecule has 0 aliphatic carbocycles. The summed E-state index contributed by atoms with van der Waals surface area (Å²) in [6.45, 7) is 4.47. The van der Waals surface area contributed by atoms with Gasteiger partial charge >= 0.3 is 6.18 Å². The van der Waals surface area contributed by atoms with Crippen molar-refractivity contribution in [1.82, 2.24) is 4.98 Å². The zero-order valence-corrected chi connectivity index (χ0v) is 20.0. The number of hydrogen-bond donors (Lipinski definition) is 2. The van der Waals surface area contributed by atoms with Crippen LogP contribution >= 0.6 is 0 Å². The number of anilines is 2. The van der Waals surface area contributed by atoms with E-state index in [0.717, 1.165) is 47.6 Å². The van der Waals surface area contributed by atoms with Crippen molar-refractivity contribution >= 4 is 17.3 Å². The first-order valence-corrected chi connectivity index (χ1v) is 11.6. The molecule has 0 saturated carbocycles. The monoisotopic (exact) mass is 489 g/mol. The van der Waals surface area contributed by atoms with E-state index in [9.17, 15) is 18.0 Å². The first kappa shape index (κ1) is 25.0. The van der Waals surface area contributed by atoms with Crippen LogP contribution < -0.4 is 10.6 Å². The minimum absolute atomic E-state index is 0.326. The van der Waals surface area contributed by atoms with Gasteiger partial charge in [-0.1, -0.05) is 30.3 Å². The lowest BCUT2D eigenvalue weighted by molar-refractivity contribution is -0.137. The largest absolute Gasteiger partial charge is 0.416 e. The maximum Gasteiger partial charge on any atom is 0.416 e. The number of nitrogens with one attached hydrogen (secondary N) is 2. The van der Waals surface area contributed by atoms with Crippen molar-refractivity contribution in [2.45, 2.75) is 26.4 Å². The number of aromatic nitrogens is 1. The van der Waals surface area contributed by atoms with Crippen LogP contribution in [0.3, 0.4) is 0 Å². The molecule has 4 aromatic rings. The molecular formula is C29H26F3N3O.